The molecule has 1 aromatic carbocycles. The molecule has 1 unspecified atom stereocenters. The highest BCUT2D eigenvalue weighted by atomic mass is 79.9. The zero-order chi connectivity index (χ0) is 13.9. The average molecular weight is 328 g/mol. The number of aliphatic hydroxyl groups is 1. The van der Waals surface area contributed by atoms with E-state index in [0.717, 1.165) is 36.3 Å². The Bertz CT molecular complexity index is 416. The van der Waals surface area contributed by atoms with E-state index in [2.05, 4.69) is 46.8 Å². The molecule has 0 radical (unpaired) electrons. The lowest BCUT2D eigenvalue weighted by Crippen LogP contribution is -2.56. The van der Waals surface area contributed by atoms with Crippen molar-refractivity contribution in [2.75, 3.05) is 26.3 Å². The van der Waals surface area contributed by atoms with Crippen molar-refractivity contribution in [3.05, 3.63) is 34.3 Å². The SMILES string of the molecule is CC(C)(C(O)Cc1cccc(Br)c1)N1CCOCC1. The molecule has 1 fully saturated rings. The van der Waals surface area contributed by atoms with Gasteiger partial charge >= 0.3 is 0 Å². The molecule has 1 heterocycles. The first-order valence-electron chi connectivity index (χ1n) is 6.75. The second kappa shape index (κ2) is 6.35. The molecule has 106 valence electrons. The first-order valence-corrected chi connectivity index (χ1v) is 7.55. The summed E-state index contributed by atoms with van der Waals surface area (Å²) in [4.78, 5) is 2.32. The van der Waals surface area contributed by atoms with E-state index in [1.54, 1.807) is 0 Å². The van der Waals surface area contributed by atoms with Crippen LogP contribution in [-0.2, 0) is 11.2 Å². The van der Waals surface area contributed by atoms with Crippen LogP contribution in [-0.4, -0.2) is 48.0 Å². The summed E-state index contributed by atoms with van der Waals surface area (Å²) in [5.41, 5.74) is 0.926. The molecule has 19 heavy (non-hydrogen) atoms. The van der Waals surface area contributed by atoms with Gasteiger partial charge in [-0.2, -0.15) is 0 Å². The van der Waals surface area contributed by atoms with Crippen molar-refractivity contribution in [1.29, 1.82) is 0 Å². The summed E-state index contributed by atoms with van der Waals surface area (Å²) in [6.45, 7) is 7.52. The predicted molar refractivity (Wildman–Crippen MR) is 80.3 cm³/mol. The van der Waals surface area contributed by atoms with Gasteiger partial charge in [-0.25, -0.2) is 0 Å². The van der Waals surface area contributed by atoms with Crippen molar-refractivity contribution in [1.82, 2.24) is 4.90 Å². The second-order valence-corrected chi connectivity index (χ2v) is 6.52. The number of aliphatic hydroxyl groups excluding tert-OH is 1. The van der Waals surface area contributed by atoms with Gasteiger partial charge in [0.1, 0.15) is 0 Å². The lowest BCUT2D eigenvalue weighted by molar-refractivity contribution is -0.0612. The van der Waals surface area contributed by atoms with Gasteiger partial charge in [0.05, 0.1) is 19.3 Å². The number of hydrogen-bond donors (Lipinski definition) is 1. The van der Waals surface area contributed by atoms with Crippen LogP contribution in [0.5, 0.6) is 0 Å². The molecule has 4 heteroatoms. The molecule has 0 aliphatic carbocycles. The second-order valence-electron chi connectivity index (χ2n) is 5.60. The van der Waals surface area contributed by atoms with Crippen molar-refractivity contribution in [2.24, 2.45) is 0 Å². The van der Waals surface area contributed by atoms with E-state index in [0.29, 0.717) is 6.42 Å². The fourth-order valence-corrected chi connectivity index (χ4v) is 2.93. The smallest absolute Gasteiger partial charge is 0.0758 e. The predicted octanol–water partition coefficient (Wildman–Crippen LogP) is 2.46. The molecular weight excluding hydrogens is 306 g/mol. The number of ether oxygens (including phenoxy) is 1. The standard InChI is InChI=1S/C15H22BrNO2/c1-15(2,17-6-8-19-9-7-17)14(18)11-12-4-3-5-13(16)10-12/h3-5,10,14,18H,6-9,11H2,1-2H3. The Balaban J connectivity index is 2.03. The zero-order valence-electron chi connectivity index (χ0n) is 11.6. The van der Waals surface area contributed by atoms with E-state index in [9.17, 15) is 5.11 Å². The topological polar surface area (TPSA) is 32.7 Å². The van der Waals surface area contributed by atoms with E-state index >= 15 is 0 Å². The van der Waals surface area contributed by atoms with Crippen LogP contribution < -0.4 is 0 Å². The Morgan fingerprint density at radius 1 is 1.37 bits per heavy atom. The fraction of sp³-hybridized carbons (Fsp3) is 0.600. The Kier molecular flexibility index (Phi) is 5.01. The van der Waals surface area contributed by atoms with Crippen molar-refractivity contribution in [3.8, 4) is 0 Å². The Labute approximate surface area is 123 Å². The maximum atomic E-state index is 10.6. The highest BCUT2D eigenvalue weighted by molar-refractivity contribution is 9.10. The van der Waals surface area contributed by atoms with Crippen LogP contribution in [0.4, 0.5) is 0 Å². The number of rotatable bonds is 4. The lowest BCUT2D eigenvalue weighted by Gasteiger charge is -2.43. The molecule has 1 aliphatic heterocycles. The normalized spacial score (nSPS) is 19.4. The summed E-state index contributed by atoms with van der Waals surface area (Å²) < 4.78 is 6.44. The quantitative estimate of drug-likeness (QED) is 0.922. The molecule has 1 saturated heterocycles. The number of benzene rings is 1. The van der Waals surface area contributed by atoms with Crippen LogP contribution in [0.25, 0.3) is 0 Å². The Morgan fingerprint density at radius 3 is 2.68 bits per heavy atom. The highest BCUT2D eigenvalue weighted by Gasteiger charge is 2.35. The minimum absolute atomic E-state index is 0.230. The summed E-state index contributed by atoms with van der Waals surface area (Å²) in [7, 11) is 0. The van der Waals surface area contributed by atoms with Gasteiger partial charge in [-0.1, -0.05) is 28.1 Å². The van der Waals surface area contributed by atoms with Crippen molar-refractivity contribution >= 4 is 15.9 Å². The summed E-state index contributed by atoms with van der Waals surface area (Å²) in [6, 6.07) is 8.14. The maximum Gasteiger partial charge on any atom is 0.0758 e. The molecule has 0 bridgehead atoms. The van der Waals surface area contributed by atoms with Crippen LogP contribution in [0, 0.1) is 0 Å². The first kappa shape index (κ1) is 15.0. The highest BCUT2D eigenvalue weighted by Crippen LogP contribution is 2.24. The van der Waals surface area contributed by atoms with Gasteiger partial charge in [0, 0.05) is 29.5 Å². The van der Waals surface area contributed by atoms with E-state index in [-0.39, 0.29) is 11.6 Å². The van der Waals surface area contributed by atoms with Crippen LogP contribution in [0.2, 0.25) is 0 Å². The van der Waals surface area contributed by atoms with Crippen molar-refractivity contribution < 1.29 is 9.84 Å². The first-order chi connectivity index (χ1) is 9.00. The molecule has 3 nitrogen and oxygen atoms in total. The lowest BCUT2D eigenvalue weighted by atomic mass is 9.89. The third-order valence-corrected chi connectivity index (χ3v) is 4.45. The van der Waals surface area contributed by atoms with Crippen LogP contribution in [0.3, 0.4) is 0 Å². The molecule has 1 aromatic rings. The summed E-state index contributed by atoms with van der Waals surface area (Å²) in [5, 5.41) is 10.6. The molecule has 1 N–H and O–H groups in total. The third-order valence-electron chi connectivity index (χ3n) is 3.96. The van der Waals surface area contributed by atoms with Gasteiger partial charge in [0.2, 0.25) is 0 Å². The molecule has 2 rings (SSSR count). The number of morpholine rings is 1. The molecule has 0 aromatic heterocycles. The van der Waals surface area contributed by atoms with Gasteiger partial charge in [-0.05, 0) is 31.5 Å². The van der Waals surface area contributed by atoms with Crippen molar-refractivity contribution in [3.63, 3.8) is 0 Å². The van der Waals surface area contributed by atoms with Gasteiger partial charge in [0.25, 0.3) is 0 Å². The zero-order valence-corrected chi connectivity index (χ0v) is 13.2. The summed E-state index contributed by atoms with van der Waals surface area (Å²) in [6.07, 6.45) is 0.281. The van der Waals surface area contributed by atoms with E-state index in [4.69, 9.17) is 4.74 Å². The van der Waals surface area contributed by atoms with Gasteiger partial charge in [-0.3, -0.25) is 4.90 Å². The van der Waals surface area contributed by atoms with E-state index < -0.39 is 0 Å². The van der Waals surface area contributed by atoms with Crippen LogP contribution in [0.15, 0.2) is 28.7 Å². The molecule has 1 aliphatic rings. The Morgan fingerprint density at radius 2 is 2.05 bits per heavy atom. The molecule has 0 spiro atoms. The van der Waals surface area contributed by atoms with Gasteiger partial charge in [-0.15, -0.1) is 0 Å². The fourth-order valence-electron chi connectivity index (χ4n) is 2.49. The molecule has 0 amide bonds. The molecule has 1 atom stereocenters. The molecule has 0 saturated carbocycles. The van der Waals surface area contributed by atoms with Crippen LogP contribution >= 0.6 is 15.9 Å². The average Bonchev–Trinajstić information content (AvgIpc) is 2.39. The van der Waals surface area contributed by atoms with E-state index in [1.807, 2.05) is 12.1 Å². The third kappa shape index (κ3) is 3.78. The minimum Gasteiger partial charge on any atom is -0.391 e. The maximum absolute atomic E-state index is 10.6. The Hall–Kier alpha value is -0.420. The molecular formula is C15H22BrNO2. The summed E-state index contributed by atoms with van der Waals surface area (Å²) >= 11 is 3.47. The minimum atomic E-state index is -0.389. The van der Waals surface area contributed by atoms with Gasteiger partial charge < -0.3 is 9.84 Å². The summed E-state index contributed by atoms with van der Waals surface area (Å²) in [5.74, 6) is 0. The number of halogens is 1. The van der Waals surface area contributed by atoms with Crippen LogP contribution in [0.1, 0.15) is 19.4 Å². The van der Waals surface area contributed by atoms with Crippen molar-refractivity contribution in [2.45, 2.75) is 31.9 Å². The van der Waals surface area contributed by atoms with Gasteiger partial charge in [0.15, 0.2) is 0 Å². The van der Waals surface area contributed by atoms with E-state index in [1.165, 1.54) is 0 Å². The number of nitrogens with zero attached hydrogens (tertiary/aromatic N) is 1. The number of hydrogen-bond acceptors (Lipinski definition) is 3. The monoisotopic (exact) mass is 327 g/mol. The largest absolute Gasteiger partial charge is 0.391 e.